The highest BCUT2D eigenvalue weighted by molar-refractivity contribution is 9.10. The van der Waals surface area contributed by atoms with Crippen LogP contribution in [-0.2, 0) is 0 Å². The van der Waals surface area contributed by atoms with Gasteiger partial charge in [-0.3, -0.25) is 30.0 Å². The molecule has 176 valence electrons. The fourth-order valence-electron chi connectivity index (χ4n) is 4.36. The van der Waals surface area contributed by atoms with E-state index in [4.69, 9.17) is 0 Å². The molecule has 8 heteroatoms. The molecule has 0 radical (unpaired) electrons. The second-order valence-electron chi connectivity index (χ2n) is 8.61. The van der Waals surface area contributed by atoms with Gasteiger partial charge in [-0.15, -0.1) is 0 Å². The third-order valence-corrected chi connectivity index (χ3v) is 6.83. The molecule has 0 aliphatic carbocycles. The molecule has 0 aliphatic heterocycles. The van der Waals surface area contributed by atoms with E-state index in [1.807, 2.05) is 62.4 Å². The number of aromatic hydroxyl groups is 1. The maximum Gasteiger partial charge on any atom is 0.268 e. The summed E-state index contributed by atoms with van der Waals surface area (Å²) in [6, 6.07) is 20.6. The molecule has 0 atom stereocenters. The van der Waals surface area contributed by atoms with E-state index in [0.717, 1.165) is 22.3 Å². The van der Waals surface area contributed by atoms with Crippen molar-refractivity contribution in [2.24, 2.45) is 0 Å². The Kier molecular flexibility index (Phi) is 5.82. The van der Waals surface area contributed by atoms with Gasteiger partial charge >= 0.3 is 0 Å². The Morgan fingerprint density at radius 3 is 1.57 bits per heavy atom. The molecule has 0 fully saturated rings. The lowest BCUT2D eigenvalue weighted by Crippen LogP contribution is -2.20. The van der Waals surface area contributed by atoms with Gasteiger partial charge < -0.3 is 5.11 Å². The van der Waals surface area contributed by atoms with Crippen molar-refractivity contribution in [1.82, 2.24) is 20.4 Å². The molecular weight excluding hydrogens is 508 g/mol. The Balaban J connectivity index is 1.81. The van der Waals surface area contributed by atoms with Gasteiger partial charge in [-0.1, -0.05) is 65.7 Å². The third-order valence-electron chi connectivity index (χ3n) is 6.19. The Morgan fingerprint density at radius 1 is 0.686 bits per heavy atom. The second-order valence-corrected chi connectivity index (χ2v) is 9.47. The highest BCUT2D eigenvalue weighted by atomic mass is 79.9. The summed E-state index contributed by atoms with van der Waals surface area (Å²) in [6.07, 6.45) is 0. The van der Waals surface area contributed by atoms with E-state index in [9.17, 15) is 14.7 Å². The highest BCUT2D eigenvalue weighted by Crippen LogP contribution is 2.39. The van der Waals surface area contributed by atoms with E-state index in [1.54, 1.807) is 18.2 Å². The van der Waals surface area contributed by atoms with Crippen LogP contribution in [0.1, 0.15) is 33.7 Å². The SMILES string of the molecule is Cc1ccc(-c2[nH][nH]c(=O)c2C(c2ccc(O)c(Br)c2)c2c(-c3ccc(C)cc3)[nH][nH]c2=O)cc1. The Morgan fingerprint density at radius 2 is 1.14 bits per heavy atom. The van der Waals surface area contributed by atoms with Crippen molar-refractivity contribution in [1.29, 1.82) is 0 Å². The molecular formula is C27H23BrN4O3. The summed E-state index contributed by atoms with van der Waals surface area (Å²) < 4.78 is 0.465. The molecule has 3 aromatic carbocycles. The van der Waals surface area contributed by atoms with Gasteiger partial charge in [0.25, 0.3) is 11.1 Å². The van der Waals surface area contributed by atoms with Gasteiger partial charge in [0.2, 0.25) is 0 Å². The Hall–Kier alpha value is -4.04. The molecule has 0 amide bonds. The summed E-state index contributed by atoms with van der Waals surface area (Å²) in [7, 11) is 0. The van der Waals surface area contributed by atoms with Crippen molar-refractivity contribution in [3.63, 3.8) is 0 Å². The van der Waals surface area contributed by atoms with Gasteiger partial charge in [-0.2, -0.15) is 0 Å². The fraction of sp³-hybridized carbons (Fsp3) is 0.111. The van der Waals surface area contributed by atoms with E-state index in [1.165, 1.54) is 0 Å². The van der Waals surface area contributed by atoms with Crippen molar-refractivity contribution in [3.8, 4) is 28.3 Å². The van der Waals surface area contributed by atoms with E-state index in [0.29, 0.717) is 32.6 Å². The Labute approximate surface area is 209 Å². The predicted octanol–water partition coefficient (Wildman–Crippen LogP) is 5.32. The van der Waals surface area contributed by atoms with Crippen molar-refractivity contribution in [2.45, 2.75) is 19.8 Å². The standard InChI is InChI=1S/C27H23BrN4O3/c1-14-3-7-16(8-4-14)24-22(26(34)31-29-24)21(18-11-12-20(33)19(28)13-18)23-25(30-32-27(23)35)17-9-5-15(2)6-10-17/h3-13,21,33H,1-2H3,(H2,29,31,34)(H2,30,32,35). The molecule has 0 bridgehead atoms. The minimum atomic E-state index is -0.732. The number of benzene rings is 3. The van der Waals surface area contributed by atoms with Crippen LogP contribution < -0.4 is 11.1 Å². The summed E-state index contributed by atoms with van der Waals surface area (Å²) in [4.78, 5) is 26.6. The first-order chi connectivity index (χ1) is 16.8. The zero-order valence-electron chi connectivity index (χ0n) is 19.1. The summed E-state index contributed by atoms with van der Waals surface area (Å²) in [5.41, 5.74) is 5.84. The van der Waals surface area contributed by atoms with Crippen LogP contribution in [0.15, 0.2) is 80.8 Å². The highest BCUT2D eigenvalue weighted by Gasteiger charge is 2.31. The topological polar surface area (TPSA) is 118 Å². The number of aromatic nitrogens is 4. The van der Waals surface area contributed by atoms with Crippen LogP contribution in [0.5, 0.6) is 5.75 Å². The molecule has 0 spiro atoms. The van der Waals surface area contributed by atoms with Crippen LogP contribution in [0.2, 0.25) is 0 Å². The van der Waals surface area contributed by atoms with Crippen LogP contribution in [0.25, 0.3) is 22.5 Å². The minimum Gasteiger partial charge on any atom is -0.507 e. The zero-order chi connectivity index (χ0) is 24.7. The number of phenols is 1. The van der Waals surface area contributed by atoms with Crippen molar-refractivity contribution < 1.29 is 5.11 Å². The van der Waals surface area contributed by atoms with Gasteiger partial charge in [0.05, 0.1) is 27.0 Å². The smallest absolute Gasteiger partial charge is 0.268 e. The lowest BCUT2D eigenvalue weighted by molar-refractivity contribution is 0.471. The average Bonchev–Trinajstić information content (AvgIpc) is 3.41. The molecule has 2 aromatic heterocycles. The molecule has 0 unspecified atom stereocenters. The molecule has 0 aliphatic rings. The summed E-state index contributed by atoms with van der Waals surface area (Å²) in [5.74, 6) is -0.666. The molecule has 35 heavy (non-hydrogen) atoms. The molecule has 0 saturated heterocycles. The quantitative estimate of drug-likeness (QED) is 0.211. The van der Waals surface area contributed by atoms with Gasteiger partial charge in [-0.25, -0.2) is 0 Å². The average molecular weight is 531 g/mol. The first kappa shape index (κ1) is 22.7. The van der Waals surface area contributed by atoms with E-state index in [-0.39, 0.29) is 16.9 Å². The third kappa shape index (κ3) is 4.17. The van der Waals surface area contributed by atoms with Crippen molar-refractivity contribution in [3.05, 3.63) is 120 Å². The number of aryl methyl sites for hydroxylation is 2. The summed E-state index contributed by atoms with van der Waals surface area (Å²) in [5, 5.41) is 21.6. The van der Waals surface area contributed by atoms with E-state index < -0.39 is 5.92 Å². The zero-order valence-corrected chi connectivity index (χ0v) is 20.7. The number of nitrogens with one attached hydrogen (secondary N) is 4. The number of halogens is 1. The van der Waals surface area contributed by atoms with Crippen molar-refractivity contribution in [2.75, 3.05) is 0 Å². The van der Waals surface area contributed by atoms with E-state index in [2.05, 4.69) is 36.3 Å². The van der Waals surface area contributed by atoms with Crippen LogP contribution in [-0.4, -0.2) is 25.5 Å². The maximum absolute atomic E-state index is 13.3. The lowest BCUT2D eigenvalue weighted by Gasteiger charge is -2.18. The largest absolute Gasteiger partial charge is 0.507 e. The van der Waals surface area contributed by atoms with Crippen LogP contribution in [0.4, 0.5) is 0 Å². The van der Waals surface area contributed by atoms with Crippen LogP contribution >= 0.6 is 15.9 Å². The number of hydrogen-bond donors (Lipinski definition) is 5. The summed E-state index contributed by atoms with van der Waals surface area (Å²) >= 11 is 3.38. The van der Waals surface area contributed by atoms with Crippen molar-refractivity contribution >= 4 is 15.9 Å². The number of rotatable bonds is 5. The molecule has 7 nitrogen and oxygen atoms in total. The first-order valence-corrected chi connectivity index (χ1v) is 11.9. The number of H-pyrrole nitrogens is 4. The monoisotopic (exact) mass is 530 g/mol. The minimum absolute atomic E-state index is 0.0657. The summed E-state index contributed by atoms with van der Waals surface area (Å²) in [6.45, 7) is 3.99. The van der Waals surface area contributed by atoms with Gasteiger partial charge in [-0.05, 0) is 58.6 Å². The number of phenolic OH excluding ortho intramolecular Hbond substituents is 1. The second kappa shape index (κ2) is 8.96. The number of aromatic amines is 4. The van der Waals surface area contributed by atoms with Crippen LogP contribution in [0.3, 0.4) is 0 Å². The predicted molar refractivity (Wildman–Crippen MR) is 140 cm³/mol. The van der Waals surface area contributed by atoms with Crippen LogP contribution in [0, 0.1) is 13.8 Å². The van der Waals surface area contributed by atoms with E-state index >= 15 is 0 Å². The first-order valence-electron chi connectivity index (χ1n) is 11.1. The fourth-order valence-corrected chi connectivity index (χ4v) is 4.76. The molecule has 2 heterocycles. The normalized spacial score (nSPS) is 11.3. The van der Waals surface area contributed by atoms with Gasteiger partial charge in [0.15, 0.2) is 0 Å². The molecule has 5 N–H and O–H groups in total. The number of hydrogen-bond acceptors (Lipinski definition) is 3. The molecule has 5 aromatic rings. The lowest BCUT2D eigenvalue weighted by atomic mass is 9.83. The maximum atomic E-state index is 13.3. The van der Waals surface area contributed by atoms with Gasteiger partial charge in [0.1, 0.15) is 5.75 Å². The molecule has 0 saturated carbocycles. The molecule has 5 rings (SSSR count). The van der Waals surface area contributed by atoms with Gasteiger partial charge in [0, 0.05) is 5.92 Å². The Bertz CT molecular complexity index is 1530.